The van der Waals surface area contributed by atoms with Gasteiger partial charge in [0.2, 0.25) is 0 Å². The second kappa shape index (κ2) is 6.96. The molecule has 0 amide bonds. The molecule has 0 atom stereocenters. The number of nitrogens with zero attached hydrogens (tertiary/aromatic N) is 3. The van der Waals surface area contributed by atoms with Crippen LogP contribution in [0.2, 0.25) is 0 Å². The highest BCUT2D eigenvalue weighted by Gasteiger charge is 2.09. The maximum atomic E-state index is 4.73. The van der Waals surface area contributed by atoms with Crippen molar-refractivity contribution in [3.8, 4) is 22.8 Å². The highest BCUT2D eigenvalue weighted by molar-refractivity contribution is 5.86. The minimum absolute atomic E-state index is 0.657. The lowest BCUT2D eigenvalue weighted by Crippen LogP contribution is -2.22. The number of aromatic nitrogens is 3. The molecule has 1 aromatic heterocycles. The molecule has 3 nitrogen and oxygen atoms in total. The average Bonchev–Trinajstić information content (AvgIpc) is 2.69. The van der Waals surface area contributed by atoms with Crippen molar-refractivity contribution in [1.82, 2.24) is 15.0 Å². The third-order valence-electron chi connectivity index (χ3n) is 4.46. The molecule has 0 bridgehead atoms. The Bertz CT molecular complexity index is 1270. The van der Waals surface area contributed by atoms with Gasteiger partial charge in [0.05, 0.1) is 0 Å². The molecule has 0 unspecified atom stereocenters. The smallest absolute Gasteiger partial charge is 0.163 e. The predicted molar refractivity (Wildman–Crippen MR) is 112 cm³/mol. The van der Waals surface area contributed by atoms with Crippen molar-refractivity contribution >= 4 is 23.4 Å². The van der Waals surface area contributed by atoms with Gasteiger partial charge in [0.15, 0.2) is 11.6 Å². The summed E-state index contributed by atoms with van der Waals surface area (Å²) in [7, 11) is 0. The van der Waals surface area contributed by atoms with Gasteiger partial charge in [0.1, 0.15) is 5.82 Å². The Morgan fingerprint density at radius 3 is 2.19 bits per heavy atom. The van der Waals surface area contributed by atoms with Crippen LogP contribution < -0.4 is 10.4 Å². The monoisotopic (exact) mass is 349 g/mol. The summed E-state index contributed by atoms with van der Waals surface area (Å²) in [5.41, 5.74) is 1.91. The molecule has 0 aliphatic carbocycles. The van der Waals surface area contributed by atoms with Crippen molar-refractivity contribution in [1.29, 1.82) is 0 Å². The fourth-order valence-electron chi connectivity index (χ4n) is 3.08. The van der Waals surface area contributed by atoms with Gasteiger partial charge in [-0.15, -0.1) is 0 Å². The summed E-state index contributed by atoms with van der Waals surface area (Å²) in [4.78, 5) is 13.8. The lowest BCUT2D eigenvalue weighted by molar-refractivity contribution is 0.992. The third kappa shape index (κ3) is 3.40. The van der Waals surface area contributed by atoms with Crippen LogP contribution in [0.15, 0.2) is 73.3 Å². The first-order chi connectivity index (χ1) is 13.1. The predicted octanol–water partition coefficient (Wildman–Crippen LogP) is 4.04. The Morgan fingerprint density at radius 1 is 0.778 bits per heavy atom. The van der Waals surface area contributed by atoms with Gasteiger partial charge >= 0.3 is 0 Å². The van der Waals surface area contributed by atoms with E-state index in [1.54, 1.807) is 6.08 Å². The molecule has 0 N–H and O–H groups in total. The third-order valence-corrected chi connectivity index (χ3v) is 4.46. The molecule has 0 saturated carbocycles. The number of benzene rings is 3. The van der Waals surface area contributed by atoms with Gasteiger partial charge in [0.25, 0.3) is 0 Å². The minimum Gasteiger partial charge on any atom is -0.213 e. The molecule has 130 valence electrons. The van der Waals surface area contributed by atoms with E-state index in [0.717, 1.165) is 21.6 Å². The lowest BCUT2D eigenvalue weighted by atomic mass is 10.1. The fourth-order valence-corrected chi connectivity index (χ4v) is 3.08. The Hall–Kier alpha value is -3.59. The summed E-state index contributed by atoms with van der Waals surface area (Å²) >= 11 is 0. The van der Waals surface area contributed by atoms with Crippen molar-refractivity contribution in [2.75, 3.05) is 0 Å². The molecule has 3 heteroatoms. The molecule has 27 heavy (non-hydrogen) atoms. The van der Waals surface area contributed by atoms with Gasteiger partial charge < -0.3 is 0 Å². The largest absolute Gasteiger partial charge is 0.213 e. The van der Waals surface area contributed by atoms with E-state index >= 15 is 0 Å². The maximum absolute atomic E-state index is 4.73. The second-order valence-corrected chi connectivity index (χ2v) is 6.41. The van der Waals surface area contributed by atoms with Gasteiger partial charge in [-0.1, -0.05) is 73.8 Å². The van der Waals surface area contributed by atoms with E-state index in [4.69, 9.17) is 4.98 Å². The zero-order valence-corrected chi connectivity index (χ0v) is 15.2. The van der Waals surface area contributed by atoms with Crippen molar-refractivity contribution in [3.05, 3.63) is 89.6 Å². The van der Waals surface area contributed by atoms with Crippen molar-refractivity contribution in [2.24, 2.45) is 0 Å². The molecule has 0 aliphatic rings. The molecule has 4 aromatic rings. The van der Waals surface area contributed by atoms with Gasteiger partial charge in [-0.05, 0) is 40.3 Å². The van der Waals surface area contributed by atoms with Crippen molar-refractivity contribution in [3.63, 3.8) is 0 Å². The van der Waals surface area contributed by atoms with E-state index < -0.39 is 0 Å². The summed E-state index contributed by atoms with van der Waals surface area (Å²) in [6, 6.07) is 20.5. The number of hydrogen-bond acceptors (Lipinski definition) is 3. The first-order valence-electron chi connectivity index (χ1n) is 8.78. The molecule has 4 rings (SSSR count). The SMILES string of the molecule is C=C/C=c1/cc(-c2nc(C)nc(-c3ccc4ccccc4c3)n2)ccc1=C. The van der Waals surface area contributed by atoms with E-state index in [1.807, 2.05) is 43.3 Å². The van der Waals surface area contributed by atoms with E-state index in [2.05, 4.69) is 53.5 Å². The summed E-state index contributed by atoms with van der Waals surface area (Å²) < 4.78 is 0. The molecule has 1 heterocycles. The fraction of sp³-hybridized carbons (Fsp3) is 0.0417. The summed E-state index contributed by atoms with van der Waals surface area (Å²) in [5.74, 6) is 2.02. The Labute approximate surface area is 158 Å². The maximum Gasteiger partial charge on any atom is 0.163 e. The lowest BCUT2D eigenvalue weighted by Gasteiger charge is -2.07. The molecule has 0 saturated heterocycles. The quantitative estimate of drug-likeness (QED) is 0.560. The molecule has 0 radical (unpaired) electrons. The first-order valence-corrected chi connectivity index (χ1v) is 8.78. The molecule has 0 spiro atoms. The number of allylic oxidation sites excluding steroid dienone is 1. The normalized spacial score (nSPS) is 11.7. The zero-order chi connectivity index (χ0) is 18.8. The Morgan fingerprint density at radius 2 is 1.44 bits per heavy atom. The van der Waals surface area contributed by atoms with Crippen molar-refractivity contribution in [2.45, 2.75) is 6.92 Å². The van der Waals surface area contributed by atoms with E-state index in [1.165, 1.54) is 10.8 Å². The van der Waals surface area contributed by atoms with E-state index in [-0.39, 0.29) is 0 Å². The summed E-state index contributed by atoms with van der Waals surface area (Å²) in [6.45, 7) is 9.71. The molecule has 3 aromatic carbocycles. The van der Waals surface area contributed by atoms with Gasteiger partial charge in [-0.2, -0.15) is 0 Å². The minimum atomic E-state index is 0.657. The van der Waals surface area contributed by atoms with Crippen LogP contribution in [0.1, 0.15) is 5.82 Å². The number of rotatable bonds is 3. The number of aryl methyl sites for hydroxylation is 1. The van der Waals surface area contributed by atoms with Crippen LogP contribution >= 0.6 is 0 Å². The molecule has 0 fully saturated rings. The van der Waals surface area contributed by atoms with Crippen LogP contribution in [-0.2, 0) is 0 Å². The van der Waals surface area contributed by atoms with Crippen LogP contribution in [0.4, 0.5) is 0 Å². The summed E-state index contributed by atoms with van der Waals surface area (Å²) in [5, 5.41) is 4.31. The van der Waals surface area contributed by atoms with Crippen LogP contribution in [0.5, 0.6) is 0 Å². The van der Waals surface area contributed by atoms with E-state index in [0.29, 0.717) is 17.5 Å². The van der Waals surface area contributed by atoms with Crippen LogP contribution in [-0.4, -0.2) is 15.0 Å². The Kier molecular flexibility index (Phi) is 4.35. The topological polar surface area (TPSA) is 38.7 Å². The number of hydrogen-bond donors (Lipinski definition) is 0. The molecular formula is C24H19N3. The average molecular weight is 349 g/mol. The molecule has 0 aliphatic heterocycles. The standard InChI is InChI=1S/C24H19N3/c1-4-7-19-14-21(11-10-16(19)2)23-25-17(3)26-24(27-23)22-13-12-18-8-5-6-9-20(18)15-22/h4-15H,1-2H2,3H3/b19-7-. The second-order valence-electron chi connectivity index (χ2n) is 6.41. The van der Waals surface area contributed by atoms with Gasteiger partial charge in [0, 0.05) is 11.1 Å². The van der Waals surface area contributed by atoms with Crippen molar-refractivity contribution < 1.29 is 0 Å². The first kappa shape index (κ1) is 16.9. The highest BCUT2D eigenvalue weighted by atomic mass is 15.0. The van der Waals surface area contributed by atoms with Gasteiger partial charge in [-0.3, -0.25) is 0 Å². The molecular weight excluding hydrogens is 330 g/mol. The van der Waals surface area contributed by atoms with Gasteiger partial charge in [-0.25, -0.2) is 15.0 Å². The Balaban J connectivity index is 1.86. The number of fused-ring (bicyclic) bond motifs is 1. The highest BCUT2D eigenvalue weighted by Crippen LogP contribution is 2.23. The van der Waals surface area contributed by atoms with Crippen LogP contribution in [0.25, 0.3) is 46.2 Å². The van der Waals surface area contributed by atoms with E-state index in [9.17, 15) is 0 Å². The zero-order valence-electron chi connectivity index (χ0n) is 15.2. The van der Waals surface area contributed by atoms with Crippen LogP contribution in [0, 0.1) is 6.92 Å². The van der Waals surface area contributed by atoms with Crippen LogP contribution in [0.3, 0.4) is 0 Å². The summed E-state index contributed by atoms with van der Waals surface area (Å²) in [6.07, 6.45) is 3.69.